The summed E-state index contributed by atoms with van der Waals surface area (Å²) in [6, 6.07) is 1.88. The van der Waals surface area contributed by atoms with Crippen molar-refractivity contribution in [3.8, 4) is 0 Å². The monoisotopic (exact) mass is 275 g/mol. The Morgan fingerprint density at radius 2 is 2.11 bits per heavy atom. The van der Waals surface area contributed by atoms with E-state index in [2.05, 4.69) is 32.2 Å². The molecule has 1 N–H and O–H groups in total. The van der Waals surface area contributed by atoms with Crippen molar-refractivity contribution in [1.29, 1.82) is 0 Å². The topological polar surface area (TPSA) is 63.6 Å². The molecule has 0 atom stereocenters. The average molecular weight is 275 g/mol. The third-order valence-corrected chi connectivity index (χ3v) is 3.55. The van der Waals surface area contributed by atoms with E-state index in [0.717, 1.165) is 40.2 Å². The van der Waals surface area contributed by atoms with E-state index in [-0.39, 0.29) is 0 Å². The van der Waals surface area contributed by atoms with Crippen molar-refractivity contribution in [3.05, 3.63) is 30.0 Å². The molecule has 0 saturated carbocycles. The van der Waals surface area contributed by atoms with E-state index in [0.29, 0.717) is 0 Å². The van der Waals surface area contributed by atoms with E-state index >= 15 is 0 Å². The Bertz CT molecular complexity index is 544. The van der Waals surface area contributed by atoms with Gasteiger partial charge in [-0.25, -0.2) is 19.9 Å². The predicted molar refractivity (Wildman–Crippen MR) is 76.4 cm³/mol. The molecule has 100 valence electrons. The number of aromatic nitrogens is 4. The first-order valence-electron chi connectivity index (χ1n) is 6.23. The van der Waals surface area contributed by atoms with Crippen LogP contribution in [-0.2, 0) is 0 Å². The zero-order chi connectivity index (χ0) is 13.7. The van der Waals surface area contributed by atoms with E-state index < -0.39 is 0 Å². The zero-order valence-corrected chi connectivity index (χ0v) is 12.2. The molecule has 0 aliphatic rings. The summed E-state index contributed by atoms with van der Waals surface area (Å²) in [6.45, 7) is 6.98. The molecule has 0 saturated heterocycles. The lowest BCUT2D eigenvalue weighted by atomic mass is 10.3. The Balaban J connectivity index is 2.27. The molecule has 0 fully saturated rings. The molecule has 0 amide bonds. The maximum atomic E-state index is 4.49. The highest BCUT2D eigenvalue weighted by molar-refractivity contribution is 7.99. The Hall–Kier alpha value is -1.69. The van der Waals surface area contributed by atoms with Crippen LogP contribution in [0.15, 0.2) is 28.6 Å². The van der Waals surface area contributed by atoms with E-state index in [1.807, 2.05) is 19.9 Å². The van der Waals surface area contributed by atoms with Crippen LogP contribution in [0.1, 0.15) is 24.7 Å². The van der Waals surface area contributed by atoms with Crippen LogP contribution in [0.3, 0.4) is 0 Å². The highest BCUT2D eigenvalue weighted by Gasteiger charge is 2.10. The van der Waals surface area contributed by atoms with Gasteiger partial charge in [0.05, 0.1) is 0 Å². The Labute approximate surface area is 117 Å². The van der Waals surface area contributed by atoms with Gasteiger partial charge in [0, 0.05) is 18.3 Å². The second-order valence-corrected chi connectivity index (χ2v) is 5.14. The summed E-state index contributed by atoms with van der Waals surface area (Å²) in [4.78, 5) is 17.1. The summed E-state index contributed by atoms with van der Waals surface area (Å²) in [5, 5.41) is 5.15. The van der Waals surface area contributed by atoms with Crippen LogP contribution in [-0.4, -0.2) is 26.5 Å². The highest BCUT2D eigenvalue weighted by Crippen LogP contribution is 2.29. The fraction of sp³-hybridized carbons (Fsp3) is 0.385. The van der Waals surface area contributed by atoms with Crippen molar-refractivity contribution in [3.63, 3.8) is 0 Å². The van der Waals surface area contributed by atoms with Gasteiger partial charge in [-0.15, -0.1) is 0 Å². The normalized spacial score (nSPS) is 10.5. The molecule has 0 aliphatic carbocycles. The Morgan fingerprint density at radius 1 is 1.26 bits per heavy atom. The van der Waals surface area contributed by atoms with Crippen molar-refractivity contribution < 1.29 is 0 Å². The summed E-state index contributed by atoms with van der Waals surface area (Å²) in [5.74, 6) is 1.67. The molecular formula is C13H17N5S. The van der Waals surface area contributed by atoms with E-state index in [1.54, 1.807) is 12.5 Å². The fourth-order valence-corrected chi connectivity index (χ4v) is 2.41. The lowest BCUT2D eigenvalue weighted by molar-refractivity contribution is 0.906. The molecule has 0 aliphatic heterocycles. The SMILES string of the molecule is CCCNc1nc(C)nc(Sc2ccncn2)c1C. The largest absolute Gasteiger partial charge is 0.370 e. The molecule has 19 heavy (non-hydrogen) atoms. The van der Waals surface area contributed by atoms with E-state index in [4.69, 9.17) is 0 Å². The smallest absolute Gasteiger partial charge is 0.133 e. The van der Waals surface area contributed by atoms with Gasteiger partial charge in [0.15, 0.2) is 0 Å². The van der Waals surface area contributed by atoms with Crippen molar-refractivity contribution in [2.75, 3.05) is 11.9 Å². The van der Waals surface area contributed by atoms with Crippen molar-refractivity contribution >= 4 is 17.6 Å². The van der Waals surface area contributed by atoms with Crippen LogP contribution in [0, 0.1) is 13.8 Å². The highest BCUT2D eigenvalue weighted by atomic mass is 32.2. The molecule has 2 aromatic heterocycles. The minimum atomic E-state index is 0.765. The van der Waals surface area contributed by atoms with Crippen LogP contribution < -0.4 is 5.32 Å². The van der Waals surface area contributed by atoms with Gasteiger partial charge in [0.1, 0.15) is 28.0 Å². The van der Waals surface area contributed by atoms with Gasteiger partial charge in [-0.2, -0.15) is 0 Å². The van der Waals surface area contributed by atoms with Crippen LogP contribution >= 0.6 is 11.8 Å². The molecule has 2 rings (SSSR count). The standard InChI is InChI=1S/C13H17N5S/c1-4-6-15-12-9(2)13(18-10(3)17-12)19-11-5-7-14-8-16-11/h5,7-8H,4,6H2,1-3H3,(H,15,17,18). The van der Waals surface area contributed by atoms with Crippen molar-refractivity contribution in [2.24, 2.45) is 0 Å². The van der Waals surface area contributed by atoms with Gasteiger partial charge in [0.25, 0.3) is 0 Å². The lowest BCUT2D eigenvalue weighted by Crippen LogP contribution is -2.07. The Kier molecular flexibility index (Phi) is 4.68. The summed E-state index contributed by atoms with van der Waals surface area (Å²) in [5.41, 5.74) is 1.06. The first kappa shape index (κ1) is 13.7. The van der Waals surface area contributed by atoms with E-state index in [9.17, 15) is 0 Å². The third-order valence-electron chi connectivity index (χ3n) is 2.51. The van der Waals surface area contributed by atoms with E-state index in [1.165, 1.54) is 11.8 Å². The van der Waals surface area contributed by atoms with Gasteiger partial charge >= 0.3 is 0 Å². The molecule has 0 spiro atoms. The first-order chi connectivity index (χ1) is 9.20. The third kappa shape index (κ3) is 3.64. The molecular weight excluding hydrogens is 258 g/mol. The second kappa shape index (κ2) is 6.47. The predicted octanol–water partition coefficient (Wildman–Crippen LogP) is 2.86. The Morgan fingerprint density at radius 3 is 2.79 bits per heavy atom. The van der Waals surface area contributed by atoms with Gasteiger partial charge in [-0.1, -0.05) is 6.92 Å². The fourth-order valence-electron chi connectivity index (χ4n) is 1.56. The molecule has 0 unspecified atom stereocenters. The number of rotatable bonds is 5. The van der Waals surface area contributed by atoms with Crippen LogP contribution in [0.25, 0.3) is 0 Å². The average Bonchev–Trinajstić information content (AvgIpc) is 2.42. The summed E-state index contributed by atoms with van der Waals surface area (Å²) in [6.07, 6.45) is 4.34. The number of nitrogens with one attached hydrogen (secondary N) is 1. The van der Waals surface area contributed by atoms with Gasteiger partial charge < -0.3 is 5.32 Å². The van der Waals surface area contributed by atoms with Gasteiger partial charge in [-0.05, 0) is 38.1 Å². The van der Waals surface area contributed by atoms with Crippen molar-refractivity contribution in [2.45, 2.75) is 37.2 Å². The number of nitrogens with zero attached hydrogens (tertiary/aromatic N) is 4. The molecule has 6 heteroatoms. The quantitative estimate of drug-likeness (QED) is 0.847. The summed E-state index contributed by atoms with van der Waals surface area (Å²) in [7, 11) is 0. The minimum Gasteiger partial charge on any atom is -0.370 e. The van der Waals surface area contributed by atoms with Crippen molar-refractivity contribution in [1.82, 2.24) is 19.9 Å². The summed E-state index contributed by atoms with van der Waals surface area (Å²) >= 11 is 1.53. The molecule has 5 nitrogen and oxygen atoms in total. The molecule has 0 radical (unpaired) electrons. The first-order valence-corrected chi connectivity index (χ1v) is 7.05. The molecule has 0 aromatic carbocycles. The van der Waals surface area contributed by atoms with Crippen LogP contribution in [0.5, 0.6) is 0 Å². The van der Waals surface area contributed by atoms with Gasteiger partial charge in [-0.3, -0.25) is 0 Å². The zero-order valence-electron chi connectivity index (χ0n) is 11.3. The van der Waals surface area contributed by atoms with Gasteiger partial charge in [0.2, 0.25) is 0 Å². The number of hydrogen-bond acceptors (Lipinski definition) is 6. The second-order valence-electron chi connectivity index (χ2n) is 4.13. The number of anilines is 1. The molecule has 2 aromatic rings. The minimum absolute atomic E-state index is 0.765. The molecule has 0 bridgehead atoms. The molecule has 2 heterocycles. The maximum absolute atomic E-state index is 4.49. The number of hydrogen-bond donors (Lipinski definition) is 1. The van der Waals surface area contributed by atoms with Crippen LogP contribution in [0.2, 0.25) is 0 Å². The summed E-state index contributed by atoms with van der Waals surface area (Å²) < 4.78 is 0. The van der Waals surface area contributed by atoms with Crippen LogP contribution in [0.4, 0.5) is 5.82 Å². The maximum Gasteiger partial charge on any atom is 0.133 e. The lowest BCUT2D eigenvalue weighted by Gasteiger charge is -2.11. The number of aryl methyl sites for hydroxylation is 1.